The van der Waals surface area contributed by atoms with Gasteiger partial charge in [-0.05, 0) is 52.3 Å². The maximum Gasteiger partial charge on any atom is 0.271 e. The molecule has 0 spiro atoms. The molecular formula is C19H26F2N4O2. The second-order valence-corrected chi connectivity index (χ2v) is 7.17. The molecule has 0 aromatic heterocycles. The van der Waals surface area contributed by atoms with E-state index in [2.05, 4.69) is 22.3 Å². The van der Waals surface area contributed by atoms with Crippen LogP contribution in [-0.4, -0.2) is 30.0 Å². The number of allylic oxidation sites excluding steroid dienone is 2. The van der Waals surface area contributed by atoms with Gasteiger partial charge in [-0.25, -0.2) is 8.78 Å². The van der Waals surface area contributed by atoms with Crippen LogP contribution in [0.5, 0.6) is 0 Å². The number of hydrogen-bond donors (Lipinski definition) is 2. The van der Waals surface area contributed by atoms with Crippen molar-refractivity contribution in [1.29, 1.82) is 5.26 Å². The van der Waals surface area contributed by atoms with Gasteiger partial charge in [-0.1, -0.05) is 6.08 Å². The van der Waals surface area contributed by atoms with E-state index in [0.29, 0.717) is 18.5 Å². The predicted octanol–water partition coefficient (Wildman–Crippen LogP) is 3.22. The number of nitriles is 1. The fourth-order valence-electron chi connectivity index (χ4n) is 2.68. The fourth-order valence-corrected chi connectivity index (χ4v) is 2.68. The normalized spacial score (nSPS) is 18.4. The van der Waals surface area contributed by atoms with E-state index in [4.69, 9.17) is 5.26 Å². The Morgan fingerprint density at radius 2 is 1.96 bits per heavy atom. The largest absolute Gasteiger partial charge is 0.333 e. The number of carbonyl (C=O) groups is 2. The molecule has 0 saturated heterocycles. The first-order chi connectivity index (χ1) is 12.5. The Balaban J connectivity index is 2.70. The lowest BCUT2D eigenvalue weighted by molar-refractivity contribution is -0.122. The fraction of sp³-hybridized carbons (Fsp3) is 0.579. The van der Waals surface area contributed by atoms with E-state index in [9.17, 15) is 18.4 Å². The first kappa shape index (κ1) is 22.5. The zero-order chi connectivity index (χ0) is 20.7. The molecule has 148 valence electrons. The first-order valence-electron chi connectivity index (χ1n) is 8.78. The van der Waals surface area contributed by atoms with E-state index in [1.54, 1.807) is 13.0 Å². The lowest BCUT2D eigenvalue weighted by Crippen LogP contribution is -2.42. The molecular weight excluding hydrogens is 354 g/mol. The van der Waals surface area contributed by atoms with Gasteiger partial charge >= 0.3 is 0 Å². The van der Waals surface area contributed by atoms with Crippen molar-refractivity contribution >= 4 is 18.5 Å². The monoisotopic (exact) mass is 380 g/mol. The number of aliphatic imine (C=N–C) groups is 1. The lowest BCUT2D eigenvalue weighted by Gasteiger charge is -2.27. The molecule has 0 aromatic carbocycles. The quantitative estimate of drug-likeness (QED) is 0.403. The van der Waals surface area contributed by atoms with Gasteiger partial charge < -0.3 is 10.6 Å². The number of amides is 2. The van der Waals surface area contributed by atoms with Crippen LogP contribution in [0.15, 0.2) is 28.5 Å². The van der Waals surface area contributed by atoms with E-state index >= 15 is 0 Å². The van der Waals surface area contributed by atoms with Gasteiger partial charge in [-0.2, -0.15) is 5.26 Å². The molecule has 1 aliphatic carbocycles. The highest BCUT2D eigenvalue weighted by Crippen LogP contribution is 2.37. The van der Waals surface area contributed by atoms with Gasteiger partial charge in [0.1, 0.15) is 11.2 Å². The Labute approximate surface area is 158 Å². The van der Waals surface area contributed by atoms with Crippen LogP contribution >= 0.6 is 0 Å². The second-order valence-electron chi connectivity index (χ2n) is 7.17. The van der Waals surface area contributed by atoms with Crippen LogP contribution < -0.4 is 10.6 Å². The first-order valence-corrected chi connectivity index (χ1v) is 8.78. The summed E-state index contributed by atoms with van der Waals surface area (Å²) in [5.41, 5.74) is -0.791. The summed E-state index contributed by atoms with van der Waals surface area (Å²) in [6.45, 7) is 8.09. The minimum atomic E-state index is -2.63. The number of hydrogen-bond acceptors (Lipinski definition) is 4. The van der Waals surface area contributed by atoms with Crippen molar-refractivity contribution < 1.29 is 18.4 Å². The van der Waals surface area contributed by atoms with Gasteiger partial charge in [-0.3, -0.25) is 14.6 Å². The van der Waals surface area contributed by atoms with Gasteiger partial charge in [0.2, 0.25) is 11.8 Å². The van der Waals surface area contributed by atoms with Gasteiger partial charge in [0, 0.05) is 25.0 Å². The molecule has 0 unspecified atom stereocenters. The minimum absolute atomic E-state index is 0.0518. The van der Waals surface area contributed by atoms with Crippen LogP contribution in [0.3, 0.4) is 0 Å². The molecule has 1 rings (SSSR count). The molecule has 0 aromatic rings. The van der Waals surface area contributed by atoms with Crippen molar-refractivity contribution in [3.63, 3.8) is 0 Å². The number of alkyl halides is 2. The molecule has 1 fully saturated rings. The maximum absolute atomic E-state index is 13.2. The van der Waals surface area contributed by atoms with Crippen molar-refractivity contribution in [2.45, 2.75) is 64.3 Å². The van der Waals surface area contributed by atoms with Crippen molar-refractivity contribution in [1.82, 2.24) is 10.6 Å². The van der Waals surface area contributed by atoms with Crippen molar-refractivity contribution in [3.8, 4) is 6.07 Å². The topological polar surface area (TPSA) is 94.3 Å². The summed E-state index contributed by atoms with van der Waals surface area (Å²) in [7, 11) is 0. The number of halogens is 2. The molecule has 0 atom stereocenters. The number of carbonyl (C=O) groups excluding carboxylic acids is 2. The average Bonchev–Trinajstić information content (AvgIpc) is 2.59. The molecule has 0 bridgehead atoms. The standard InChI is InChI=1S/C19H26F2N4O2/c1-5-14(11-15(23-4)17(27)25-18(2,3)12-22)24-16(26)10-13-6-8-19(20,21)9-7-13/h5,11,13H,4,6-10H2,1-3H3,(H,24,26)(H,25,27)/b14-5+,15-11-. The van der Waals surface area contributed by atoms with E-state index in [-0.39, 0.29) is 36.8 Å². The highest BCUT2D eigenvalue weighted by Gasteiger charge is 2.35. The third kappa shape index (κ3) is 7.69. The predicted molar refractivity (Wildman–Crippen MR) is 98.9 cm³/mol. The minimum Gasteiger partial charge on any atom is -0.333 e. The van der Waals surface area contributed by atoms with Gasteiger partial charge in [-0.15, -0.1) is 0 Å². The smallest absolute Gasteiger partial charge is 0.271 e. The van der Waals surface area contributed by atoms with Crippen LogP contribution in [-0.2, 0) is 9.59 Å². The van der Waals surface area contributed by atoms with Crippen LogP contribution in [0.1, 0.15) is 52.9 Å². The number of nitrogens with one attached hydrogen (secondary N) is 2. The molecule has 27 heavy (non-hydrogen) atoms. The van der Waals surface area contributed by atoms with E-state index in [1.165, 1.54) is 19.9 Å². The second kappa shape index (κ2) is 9.40. The van der Waals surface area contributed by atoms with E-state index in [0.717, 1.165) is 0 Å². The summed E-state index contributed by atoms with van der Waals surface area (Å²) in [5.74, 6) is -3.61. The molecule has 8 heteroatoms. The summed E-state index contributed by atoms with van der Waals surface area (Å²) in [6.07, 6.45) is 3.32. The molecule has 0 aliphatic heterocycles. The molecule has 1 aliphatic rings. The van der Waals surface area contributed by atoms with Crippen molar-refractivity contribution in [2.75, 3.05) is 0 Å². The average molecular weight is 380 g/mol. The van der Waals surface area contributed by atoms with Crippen LogP contribution in [0.2, 0.25) is 0 Å². The Kier molecular flexibility index (Phi) is 7.82. The Hall–Kier alpha value is -2.56. The third-order valence-corrected chi connectivity index (χ3v) is 4.31. The molecule has 2 N–H and O–H groups in total. The van der Waals surface area contributed by atoms with Gasteiger partial charge in [0.05, 0.1) is 6.07 Å². The Morgan fingerprint density at radius 3 is 2.44 bits per heavy atom. The van der Waals surface area contributed by atoms with Gasteiger partial charge in [0.15, 0.2) is 0 Å². The maximum atomic E-state index is 13.2. The van der Waals surface area contributed by atoms with E-state index < -0.39 is 17.4 Å². The Morgan fingerprint density at radius 1 is 1.37 bits per heavy atom. The summed E-state index contributed by atoms with van der Waals surface area (Å²) < 4.78 is 26.4. The van der Waals surface area contributed by atoms with E-state index in [1.807, 2.05) is 6.07 Å². The van der Waals surface area contributed by atoms with Crippen molar-refractivity contribution in [2.24, 2.45) is 10.9 Å². The number of nitrogens with zero attached hydrogens (tertiary/aromatic N) is 2. The zero-order valence-corrected chi connectivity index (χ0v) is 15.9. The van der Waals surface area contributed by atoms with Crippen LogP contribution in [0.25, 0.3) is 0 Å². The Bertz CT molecular complexity index is 680. The lowest BCUT2D eigenvalue weighted by atomic mass is 9.84. The SMILES string of the molecule is C=N/C(=C\C(=C/C)NC(=O)CC1CCC(F)(F)CC1)C(=O)NC(C)(C)C#N. The molecule has 1 saturated carbocycles. The summed E-state index contributed by atoms with van der Waals surface area (Å²) in [6, 6.07) is 1.94. The molecule has 6 nitrogen and oxygen atoms in total. The molecule has 0 heterocycles. The summed E-state index contributed by atoms with van der Waals surface area (Å²) >= 11 is 0. The van der Waals surface area contributed by atoms with Crippen LogP contribution in [0.4, 0.5) is 8.78 Å². The van der Waals surface area contributed by atoms with Gasteiger partial charge in [0.25, 0.3) is 5.91 Å². The number of rotatable bonds is 7. The summed E-state index contributed by atoms with van der Waals surface area (Å²) in [4.78, 5) is 28.0. The molecule has 2 amide bonds. The van der Waals surface area contributed by atoms with Crippen LogP contribution in [0, 0.1) is 17.2 Å². The summed E-state index contributed by atoms with van der Waals surface area (Å²) in [5, 5.41) is 14.1. The highest BCUT2D eigenvalue weighted by molar-refractivity contribution is 5.95. The highest BCUT2D eigenvalue weighted by atomic mass is 19.3. The molecule has 0 radical (unpaired) electrons. The third-order valence-electron chi connectivity index (χ3n) is 4.31. The van der Waals surface area contributed by atoms with Crippen molar-refractivity contribution in [3.05, 3.63) is 23.5 Å². The zero-order valence-electron chi connectivity index (χ0n) is 15.9.